The molecule has 2 atom stereocenters. The van der Waals surface area contributed by atoms with Gasteiger partial charge in [-0.15, -0.1) is 0 Å². The Morgan fingerprint density at radius 1 is 1.32 bits per heavy atom. The Labute approximate surface area is 147 Å². The number of aromatic nitrogens is 2. The summed E-state index contributed by atoms with van der Waals surface area (Å²) < 4.78 is 28.7. The molecule has 0 unspecified atom stereocenters. The summed E-state index contributed by atoms with van der Waals surface area (Å²) in [4.78, 5) is 16.1. The molecule has 7 heteroatoms. The maximum Gasteiger partial charge on any atom is 0.231 e. The van der Waals surface area contributed by atoms with Crippen LogP contribution >= 0.6 is 11.6 Å². The fourth-order valence-electron chi connectivity index (χ4n) is 2.83. The molecular formula is C18H14ClF2N3O. The molecule has 0 saturated heterocycles. The van der Waals surface area contributed by atoms with Gasteiger partial charge in [-0.05, 0) is 48.2 Å². The zero-order chi connectivity index (χ0) is 17.7. The number of pyridine rings is 1. The molecule has 1 N–H and O–H groups in total. The third-order valence-corrected chi connectivity index (χ3v) is 4.69. The highest BCUT2D eigenvalue weighted by Crippen LogP contribution is 2.34. The number of nitrogens with zero attached hydrogens (tertiary/aromatic N) is 2. The molecule has 2 heterocycles. The first-order chi connectivity index (χ1) is 11.9. The summed E-state index contributed by atoms with van der Waals surface area (Å²) in [5.74, 6) is -1.00. The molecule has 1 aromatic carbocycles. The van der Waals surface area contributed by atoms with E-state index in [-0.39, 0.29) is 17.4 Å². The van der Waals surface area contributed by atoms with Crippen molar-refractivity contribution in [1.82, 2.24) is 9.38 Å². The summed E-state index contributed by atoms with van der Waals surface area (Å²) in [6.45, 7) is 1.67. The topological polar surface area (TPSA) is 46.4 Å². The SMILES string of the molecule is Cc1c(-c2ccc3nc(NC(=O)[C@@H]4C[C@@H]4F)cn3c2)ccc(Cl)c1F. The normalized spacial score (nSPS) is 19.2. The lowest BCUT2D eigenvalue weighted by Gasteiger charge is -2.08. The number of fused-ring (bicyclic) bond motifs is 1. The highest BCUT2D eigenvalue weighted by molar-refractivity contribution is 6.30. The van der Waals surface area contributed by atoms with Gasteiger partial charge in [-0.1, -0.05) is 17.7 Å². The summed E-state index contributed by atoms with van der Waals surface area (Å²) in [7, 11) is 0. The highest BCUT2D eigenvalue weighted by Gasteiger charge is 2.43. The minimum absolute atomic E-state index is 0.0844. The lowest BCUT2D eigenvalue weighted by atomic mass is 10.0. The van der Waals surface area contributed by atoms with Gasteiger partial charge in [0, 0.05) is 6.20 Å². The Hall–Kier alpha value is -2.47. The van der Waals surface area contributed by atoms with E-state index >= 15 is 0 Å². The van der Waals surface area contributed by atoms with Gasteiger partial charge in [0.25, 0.3) is 0 Å². The Morgan fingerprint density at radius 2 is 2.08 bits per heavy atom. The average Bonchev–Trinajstić information content (AvgIpc) is 3.18. The Bertz CT molecular complexity index is 1000. The van der Waals surface area contributed by atoms with Gasteiger partial charge >= 0.3 is 0 Å². The maximum atomic E-state index is 14.0. The van der Waals surface area contributed by atoms with E-state index in [0.29, 0.717) is 17.0 Å². The molecule has 1 fully saturated rings. The third kappa shape index (κ3) is 2.87. The molecule has 1 aliphatic carbocycles. The fourth-order valence-corrected chi connectivity index (χ4v) is 3.04. The molecule has 1 saturated carbocycles. The minimum Gasteiger partial charge on any atom is -0.309 e. The number of nitrogens with one attached hydrogen (secondary N) is 1. The number of hydrogen-bond donors (Lipinski definition) is 1. The predicted molar refractivity (Wildman–Crippen MR) is 92.0 cm³/mol. The number of anilines is 1. The first-order valence-corrected chi connectivity index (χ1v) is 8.20. The van der Waals surface area contributed by atoms with Crippen LogP contribution in [0.5, 0.6) is 0 Å². The van der Waals surface area contributed by atoms with Crippen molar-refractivity contribution in [3.63, 3.8) is 0 Å². The second-order valence-electron chi connectivity index (χ2n) is 6.19. The molecule has 1 amide bonds. The van der Waals surface area contributed by atoms with E-state index in [9.17, 15) is 13.6 Å². The predicted octanol–water partition coefficient (Wildman–Crippen LogP) is 4.40. The summed E-state index contributed by atoms with van der Waals surface area (Å²) in [6, 6.07) is 6.87. The standard InChI is InChI=1S/C18H14ClF2N3O/c1-9-11(3-4-13(19)17(9)21)10-2-5-16-22-15(8-24(16)7-10)23-18(25)12-6-14(12)20/h2-5,7-8,12,14H,6H2,1H3,(H,23,25)/t12-,14+/m1/s1. The number of hydrogen-bond acceptors (Lipinski definition) is 2. The van der Waals surface area contributed by atoms with E-state index in [2.05, 4.69) is 10.3 Å². The number of carbonyl (C=O) groups is 1. The molecule has 25 heavy (non-hydrogen) atoms. The van der Waals surface area contributed by atoms with Crippen LogP contribution in [0.25, 0.3) is 16.8 Å². The lowest BCUT2D eigenvalue weighted by molar-refractivity contribution is -0.117. The van der Waals surface area contributed by atoms with Crippen molar-refractivity contribution in [3.8, 4) is 11.1 Å². The van der Waals surface area contributed by atoms with Crippen LogP contribution in [-0.4, -0.2) is 21.5 Å². The average molecular weight is 362 g/mol. The van der Waals surface area contributed by atoms with Gasteiger partial charge in [0.2, 0.25) is 5.91 Å². The van der Waals surface area contributed by atoms with Crippen LogP contribution in [0.2, 0.25) is 5.02 Å². The van der Waals surface area contributed by atoms with E-state index < -0.39 is 17.9 Å². The number of imidazole rings is 1. The number of benzene rings is 1. The second kappa shape index (κ2) is 5.81. The molecule has 4 rings (SSSR count). The molecule has 0 aliphatic heterocycles. The molecule has 0 radical (unpaired) electrons. The lowest BCUT2D eigenvalue weighted by Crippen LogP contribution is -2.15. The quantitative estimate of drug-likeness (QED) is 0.751. The van der Waals surface area contributed by atoms with Crippen molar-refractivity contribution in [2.45, 2.75) is 19.5 Å². The van der Waals surface area contributed by atoms with E-state index in [1.807, 2.05) is 6.07 Å². The van der Waals surface area contributed by atoms with Crippen molar-refractivity contribution in [1.29, 1.82) is 0 Å². The van der Waals surface area contributed by atoms with Gasteiger partial charge in [0.05, 0.1) is 17.1 Å². The molecule has 4 nitrogen and oxygen atoms in total. The van der Waals surface area contributed by atoms with Gasteiger partial charge < -0.3 is 9.72 Å². The van der Waals surface area contributed by atoms with Crippen LogP contribution in [0.1, 0.15) is 12.0 Å². The number of rotatable bonds is 3. The third-order valence-electron chi connectivity index (χ3n) is 4.40. The van der Waals surface area contributed by atoms with Crippen LogP contribution in [0, 0.1) is 18.7 Å². The van der Waals surface area contributed by atoms with Crippen molar-refractivity contribution >= 4 is 29.0 Å². The van der Waals surface area contributed by atoms with Gasteiger partial charge in [0.1, 0.15) is 17.6 Å². The van der Waals surface area contributed by atoms with Crippen molar-refractivity contribution < 1.29 is 13.6 Å². The summed E-state index contributed by atoms with van der Waals surface area (Å²) in [5.41, 5.74) is 2.60. The highest BCUT2D eigenvalue weighted by atomic mass is 35.5. The Balaban J connectivity index is 1.66. The minimum atomic E-state index is -1.05. The molecule has 0 bridgehead atoms. The molecule has 1 aliphatic rings. The summed E-state index contributed by atoms with van der Waals surface area (Å²) in [6.07, 6.45) is 2.66. The van der Waals surface area contributed by atoms with Crippen molar-refractivity contribution in [2.75, 3.05) is 5.32 Å². The van der Waals surface area contributed by atoms with Gasteiger partial charge in [0.15, 0.2) is 5.82 Å². The molecule has 3 aromatic rings. The molecular weight excluding hydrogens is 348 g/mol. The van der Waals surface area contributed by atoms with Crippen LogP contribution < -0.4 is 5.32 Å². The summed E-state index contributed by atoms with van der Waals surface area (Å²) >= 11 is 5.80. The number of carbonyl (C=O) groups excluding carboxylic acids is 1. The monoisotopic (exact) mass is 361 g/mol. The maximum absolute atomic E-state index is 14.0. The number of amides is 1. The van der Waals surface area contributed by atoms with E-state index in [4.69, 9.17) is 11.6 Å². The molecule has 2 aromatic heterocycles. The number of alkyl halides is 1. The Kier molecular flexibility index (Phi) is 3.72. The zero-order valence-electron chi connectivity index (χ0n) is 13.3. The van der Waals surface area contributed by atoms with E-state index in [0.717, 1.165) is 11.1 Å². The number of halogens is 3. The van der Waals surface area contributed by atoms with Gasteiger partial charge in [-0.3, -0.25) is 4.79 Å². The van der Waals surface area contributed by atoms with Crippen LogP contribution in [0.4, 0.5) is 14.6 Å². The van der Waals surface area contributed by atoms with Crippen molar-refractivity contribution in [3.05, 3.63) is 53.1 Å². The van der Waals surface area contributed by atoms with E-state index in [1.165, 1.54) is 6.07 Å². The second-order valence-corrected chi connectivity index (χ2v) is 6.60. The molecule has 0 spiro atoms. The van der Waals surface area contributed by atoms with Gasteiger partial charge in [-0.2, -0.15) is 0 Å². The van der Waals surface area contributed by atoms with Crippen LogP contribution in [0.3, 0.4) is 0 Å². The van der Waals surface area contributed by atoms with Gasteiger partial charge in [-0.25, -0.2) is 13.8 Å². The first kappa shape index (κ1) is 16.0. The van der Waals surface area contributed by atoms with Crippen molar-refractivity contribution in [2.24, 2.45) is 5.92 Å². The fraction of sp³-hybridized carbons (Fsp3) is 0.222. The Morgan fingerprint density at radius 3 is 2.80 bits per heavy atom. The smallest absolute Gasteiger partial charge is 0.231 e. The van der Waals surface area contributed by atoms with Crippen LogP contribution in [0.15, 0.2) is 36.7 Å². The summed E-state index contributed by atoms with van der Waals surface area (Å²) in [5, 5.41) is 2.71. The van der Waals surface area contributed by atoms with Crippen LogP contribution in [-0.2, 0) is 4.79 Å². The molecule has 128 valence electrons. The largest absolute Gasteiger partial charge is 0.309 e. The first-order valence-electron chi connectivity index (χ1n) is 7.82. The van der Waals surface area contributed by atoms with E-state index in [1.54, 1.807) is 35.9 Å². The zero-order valence-corrected chi connectivity index (χ0v) is 14.0.